The Morgan fingerprint density at radius 2 is 2.27 bits per heavy atom. The molecule has 0 radical (unpaired) electrons. The normalized spacial score (nSPS) is 19.0. The highest BCUT2D eigenvalue weighted by Crippen LogP contribution is 2.32. The van der Waals surface area contributed by atoms with Crippen LogP contribution in [0.25, 0.3) is 0 Å². The fourth-order valence-electron chi connectivity index (χ4n) is 3.29. The summed E-state index contributed by atoms with van der Waals surface area (Å²) < 4.78 is 0. The predicted molar refractivity (Wildman–Crippen MR) is 92.5 cm³/mol. The third-order valence-electron chi connectivity index (χ3n) is 4.45. The molecule has 1 aliphatic carbocycles. The van der Waals surface area contributed by atoms with Crippen molar-refractivity contribution in [3.63, 3.8) is 0 Å². The molecule has 4 heteroatoms. The highest BCUT2D eigenvalue weighted by Gasteiger charge is 2.21. The number of aliphatic hydroxyl groups excluding tert-OH is 1. The van der Waals surface area contributed by atoms with Crippen LogP contribution in [0.2, 0.25) is 0 Å². The third-order valence-corrected chi connectivity index (χ3v) is 5.68. The van der Waals surface area contributed by atoms with E-state index in [1.54, 1.807) is 11.3 Å². The molecule has 3 nitrogen and oxygen atoms in total. The second-order valence-electron chi connectivity index (χ2n) is 7.12. The van der Waals surface area contributed by atoms with E-state index in [1.807, 2.05) is 0 Å². The molecule has 0 aromatic carbocycles. The van der Waals surface area contributed by atoms with Crippen LogP contribution in [0.4, 0.5) is 0 Å². The van der Waals surface area contributed by atoms with Crippen LogP contribution in [0.5, 0.6) is 0 Å². The lowest BCUT2D eigenvalue weighted by molar-refractivity contribution is 0.0945. The summed E-state index contributed by atoms with van der Waals surface area (Å²) >= 11 is 1.66. The van der Waals surface area contributed by atoms with Crippen molar-refractivity contribution < 1.29 is 9.90 Å². The minimum atomic E-state index is 0.0544. The first-order valence-corrected chi connectivity index (χ1v) is 9.31. The van der Waals surface area contributed by atoms with Crippen molar-refractivity contribution in [3.8, 4) is 0 Å². The number of rotatable bonds is 7. The highest BCUT2D eigenvalue weighted by molar-refractivity contribution is 7.14. The van der Waals surface area contributed by atoms with Gasteiger partial charge in [-0.1, -0.05) is 20.8 Å². The van der Waals surface area contributed by atoms with E-state index in [1.165, 1.54) is 16.9 Å². The summed E-state index contributed by atoms with van der Waals surface area (Å²) in [6.07, 6.45) is 5.27. The van der Waals surface area contributed by atoms with E-state index in [0.29, 0.717) is 18.4 Å². The Labute approximate surface area is 138 Å². The molecule has 1 aromatic rings. The minimum Gasteiger partial charge on any atom is -0.396 e. The van der Waals surface area contributed by atoms with Crippen molar-refractivity contribution in [2.75, 3.05) is 13.2 Å². The second kappa shape index (κ2) is 8.11. The maximum atomic E-state index is 12.4. The van der Waals surface area contributed by atoms with Gasteiger partial charge < -0.3 is 10.4 Å². The number of thiophene rings is 1. The number of hydrogen-bond acceptors (Lipinski definition) is 3. The second-order valence-corrected chi connectivity index (χ2v) is 8.26. The van der Waals surface area contributed by atoms with Crippen LogP contribution in [0.15, 0.2) is 6.07 Å². The van der Waals surface area contributed by atoms with Gasteiger partial charge in [-0.15, -0.1) is 11.3 Å². The first kappa shape index (κ1) is 17.5. The molecule has 0 saturated heterocycles. The van der Waals surface area contributed by atoms with Gasteiger partial charge in [-0.05, 0) is 61.5 Å². The molecule has 0 fully saturated rings. The molecule has 0 bridgehead atoms. The number of aliphatic hydroxyl groups is 1. The predicted octanol–water partition coefficient (Wildman–Crippen LogP) is 3.65. The zero-order chi connectivity index (χ0) is 16.1. The smallest absolute Gasteiger partial charge is 0.261 e. The number of nitrogens with one attached hydrogen (secondary N) is 1. The molecule has 2 N–H and O–H groups in total. The van der Waals surface area contributed by atoms with E-state index in [2.05, 4.69) is 32.2 Å². The van der Waals surface area contributed by atoms with Crippen LogP contribution in [-0.2, 0) is 12.8 Å². The SMILES string of the molecule is CC(C)C[C@H](CCO)CNC(=O)c1cc2c(s1)CC[C@@H](C)C2. The molecule has 0 saturated carbocycles. The molecular formula is C18H29NO2S. The lowest BCUT2D eigenvalue weighted by Crippen LogP contribution is -2.30. The van der Waals surface area contributed by atoms with Gasteiger partial charge in [0.05, 0.1) is 4.88 Å². The Hall–Kier alpha value is -0.870. The van der Waals surface area contributed by atoms with Crippen LogP contribution >= 0.6 is 11.3 Å². The number of fused-ring (bicyclic) bond motifs is 1. The summed E-state index contributed by atoms with van der Waals surface area (Å²) in [4.78, 5) is 14.6. The molecule has 0 aliphatic heterocycles. The summed E-state index contributed by atoms with van der Waals surface area (Å²) in [6.45, 7) is 7.50. The first-order valence-electron chi connectivity index (χ1n) is 8.50. The maximum Gasteiger partial charge on any atom is 0.261 e. The van der Waals surface area contributed by atoms with E-state index in [9.17, 15) is 4.79 Å². The number of amides is 1. The van der Waals surface area contributed by atoms with Crippen molar-refractivity contribution in [1.82, 2.24) is 5.32 Å². The maximum absolute atomic E-state index is 12.4. The largest absolute Gasteiger partial charge is 0.396 e. The average molecular weight is 324 g/mol. The molecule has 2 rings (SSSR count). The van der Waals surface area contributed by atoms with Gasteiger partial charge in [0, 0.05) is 18.0 Å². The zero-order valence-electron chi connectivity index (χ0n) is 14.0. The topological polar surface area (TPSA) is 49.3 Å². The minimum absolute atomic E-state index is 0.0544. The number of aryl methyl sites for hydroxylation is 1. The van der Waals surface area contributed by atoms with Gasteiger partial charge in [0.1, 0.15) is 0 Å². The molecule has 0 spiro atoms. The van der Waals surface area contributed by atoms with Crippen LogP contribution in [0, 0.1) is 17.8 Å². The number of hydrogen-bond donors (Lipinski definition) is 2. The van der Waals surface area contributed by atoms with Crippen molar-refractivity contribution in [1.29, 1.82) is 0 Å². The van der Waals surface area contributed by atoms with E-state index in [4.69, 9.17) is 5.11 Å². The molecule has 1 aliphatic rings. The van der Waals surface area contributed by atoms with E-state index in [-0.39, 0.29) is 12.5 Å². The van der Waals surface area contributed by atoms with Crippen molar-refractivity contribution >= 4 is 17.2 Å². The fourth-order valence-corrected chi connectivity index (χ4v) is 4.42. The Bertz CT molecular complexity index is 495. The van der Waals surface area contributed by atoms with Gasteiger partial charge in [0.25, 0.3) is 5.91 Å². The molecule has 124 valence electrons. The lowest BCUT2D eigenvalue weighted by Gasteiger charge is -2.18. The summed E-state index contributed by atoms with van der Waals surface area (Å²) in [6, 6.07) is 2.09. The molecule has 1 amide bonds. The molecule has 22 heavy (non-hydrogen) atoms. The van der Waals surface area contributed by atoms with Gasteiger partial charge in [0.15, 0.2) is 0 Å². The molecule has 1 aromatic heterocycles. The Balaban J connectivity index is 1.91. The quantitative estimate of drug-likeness (QED) is 0.805. The standard InChI is InChI=1S/C18H29NO2S/c1-12(2)8-14(6-7-20)11-19-18(21)17-10-15-9-13(3)4-5-16(15)22-17/h10,12-14,20H,4-9,11H2,1-3H3,(H,19,21)/t13-,14+/m1/s1. The zero-order valence-corrected chi connectivity index (χ0v) is 14.8. The average Bonchev–Trinajstić information content (AvgIpc) is 2.87. The third kappa shape index (κ3) is 4.82. The monoisotopic (exact) mass is 323 g/mol. The first-order chi connectivity index (χ1) is 10.5. The van der Waals surface area contributed by atoms with Crippen molar-refractivity contribution in [2.24, 2.45) is 17.8 Å². The van der Waals surface area contributed by atoms with Gasteiger partial charge in [-0.2, -0.15) is 0 Å². The van der Waals surface area contributed by atoms with Gasteiger partial charge in [-0.25, -0.2) is 0 Å². The molecular weight excluding hydrogens is 294 g/mol. The molecule has 2 atom stereocenters. The van der Waals surface area contributed by atoms with Crippen molar-refractivity contribution in [3.05, 3.63) is 21.4 Å². The van der Waals surface area contributed by atoms with Gasteiger partial charge >= 0.3 is 0 Å². The summed E-state index contributed by atoms with van der Waals surface area (Å²) in [7, 11) is 0. The van der Waals surface area contributed by atoms with Gasteiger partial charge in [-0.3, -0.25) is 4.79 Å². The summed E-state index contributed by atoms with van der Waals surface area (Å²) in [5, 5.41) is 12.2. The van der Waals surface area contributed by atoms with Crippen LogP contribution in [-0.4, -0.2) is 24.2 Å². The molecule has 0 unspecified atom stereocenters. The van der Waals surface area contributed by atoms with E-state index >= 15 is 0 Å². The lowest BCUT2D eigenvalue weighted by atomic mass is 9.90. The van der Waals surface area contributed by atoms with E-state index in [0.717, 1.165) is 36.5 Å². The Morgan fingerprint density at radius 1 is 1.50 bits per heavy atom. The summed E-state index contributed by atoms with van der Waals surface area (Å²) in [5.41, 5.74) is 1.38. The Morgan fingerprint density at radius 3 is 2.95 bits per heavy atom. The fraction of sp³-hybridized carbons (Fsp3) is 0.722. The van der Waals surface area contributed by atoms with Crippen LogP contribution in [0.1, 0.15) is 60.1 Å². The highest BCUT2D eigenvalue weighted by atomic mass is 32.1. The van der Waals surface area contributed by atoms with Crippen LogP contribution in [0.3, 0.4) is 0 Å². The number of carbonyl (C=O) groups is 1. The van der Waals surface area contributed by atoms with Crippen LogP contribution < -0.4 is 5.32 Å². The Kier molecular flexibility index (Phi) is 6.45. The van der Waals surface area contributed by atoms with Gasteiger partial charge in [0.2, 0.25) is 0 Å². The molecule has 1 heterocycles. The van der Waals surface area contributed by atoms with Crippen molar-refractivity contribution in [2.45, 2.75) is 52.9 Å². The number of carbonyl (C=O) groups excluding carboxylic acids is 1. The summed E-state index contributed by atoms with van der Waals surface area (Å²) in [5.74, 6) is 1.74. The van der Waals surface area contributed by atoms with E-state index < -0.39 is 0 Å².